The van der Waals surface area contributed by atoms with Crippen LogP contribution in [0.3, 0.4) is 0 Å². The van der Waals surface area contributed by atoms with Gasteiger partial charge in [0, 0.05) is 11.1 Å². The molecule has 0 bridgehead atoms. The van der Waals surface area contributed by atoms with Crippen LogP contribution >= 0.6 is 0 Å². The largest absolute Gasteiger partial charge is 0.288 e. The van der Waals surface area contributed by atoms with E-state index >= 15 is 0 Å². The molecule has 0 saturated carbocycles. The molecule has 1 aromatic heterocycles. The summed E-state index contributed by atoms with van der Waals surface area (Å²) in [6.07, 6.45) is 0. The maximum atomic E-state index is 11.6. The van der Waals surface area contributed by atoms with Crippen molar-refractivity contribution < 1.29 is 10.0 Å². The number of aryl methyl sites for hydroxylation is 1. The Morgan fingerprint density at radius 3 is 2.38 bits per heavy atom. The summed E-state index contributed by atoms with van der Waals surface area (Å²) in [6.45, 7) is 6.24. The zero-order chi connectivity index (χ0) is 17.3. The first-order valence-corrected chi connectivity index (χ1v) is 7.82. The lowest BCUT2D eigenvalue weighted by Gasteiger charge is -2.10. The quantitative estimate of drug-likeness (QED) is 0.567. The summed E-state index contributed by atoms with van der Waals surface area (Å²) in [6, 6.07) is 13.2. The smallest absolute Gasteiger partial charge is 0.274 e. The van der Waals surface area contributed by atoms with E-state index in [2.05, 4.69) is 35.9 Å². The van der Waals surface area contributed by atoms with Gasteiger partial charge in [0.25, 0.3) is 5.91 Å². The second-order valence-electron chi connectivity index (χ2n) is 6.08. The molecule has 2 aromatic carbocycles. The minimum atomic E-state index is -0.567. The number of rotatable bonds is 3. The van der Waals surface area contributed by atoms with Crippen LogP contribution in [-0.2, 0) is 0 Å². The van der Waals surface area contributed by atoms with E-state index in [1.807, 2.05) is 19.1 Å². The normalized spacial score (nSPS) is 11.0. The second kappa shape index (κ2) is 6.37. The molecule has 0 spiro atoms. The van der Waals surface area contributed by atoms with Crippen molar-refractivity contribution in [1.29, 1.82) is 0 Å². The van der Waals surface area contributed by atoms with Crippen LogP contribution in [0.25, 0.3) is 22.3 Å². The molecule has 5 heteroatoms. The van der Waals surface area contributed by atoms with Gasteiger partial charge >= 0.3 is 0 Å². The van der Waals surface area contributed by atoms with Gasteiger partial charge in [-0.25, -0.2) is 15.4 Å². The molecule has 0 fully saturated rings. The summed E-state index contributed by atoms with van der Waals surface area (Å²) in [5.41, 5.74) is 7.18. The molecule has 0 aliphatic heterocycles. The summed E-state index contributed by atoms with van der Waals surface area (Å²) >= 11 is 0. The Morgan fingerprint density at radius 1 is 1.04 bits per heavy atom. The lowest BCUT2D eigenvalue weighted by Crippen LogP contribution is -2.18. The van der Waals surface area contributed by atoms with Gasteiger partial charge in [0.05, 0.1) is 22.4 Å². The number of hydrogen-bond acceptors (Lipinski definition) is 4. The number of nitrogens with zero attached hydrogens (tertiary/aromatic N) is 2. The number of aromatic nitrogens is 2. The molecular weight excluding hydrogens is 302 g/mol. The van der Waals surface area contributed by atoms with Crippen molar-refractivity contribution in [3.8, 4) is 11.3 Å². The maximum absolute atomic E-state index is 11.6. The van der Waals surface area contributed by atoms with Crippen LogP contribution in [0.4, 0.5) is 0 Å². The Morgan fingerprint density at radius 2 is 1.75 bits per heavy atom. The first-order valence-electron chi connectivity index (χ1n) is 7.82. The van der Waals surface area contributed by atoms with Crippen LogP contribution < -0.4 is 5.48 Å². The average molecular weight is 321 g/mol. The predicted octanol–water partition coefficient (Wildman–Crippen LogP) is 3.85. The maximum Gasteiger partial charge on any atom is 0.274 e. The van der Waals surface area contributed by atoms with E-state index in [0.29, 0.717) is 22.5 Å². The lowest BCUT2D eigenvalue weighted by molar-refractivity contribution is 0.0706. The van der Waals surface area contributed by atoms with E-state index in [4.69, 9.17) is 5.21 Å². The van der Waals surface area contributed by atoms with Crippen LogP contribution in [0.15, 0.2) is 42.5 Å². The highest BCUT2D eigenvalue weighted by Gasteiger charge is 2.11. The number of nitrogens with one attached hydrogen (secondary N) is 1. The van der Waals surface area contributed by atoms with Crippen molar-refractivity contribution in [2.45, 2.75) is 26.7 Å². The van der Waals surface area contributed by atoms with Gasteiger partial charge in [0.2, 0.25) is 0 Å². The number of hydroxylamine groups is 1. The molecular formula is C19H19N3O2. The molecule has 0 atom stereocenters. The van der Waals surface area contributed by atoms with Crippen molar-refractivity contribution in [1.82, 2.24) is 15.4 Å². The fraction of sp³-hybridized carbons (Fsp3) is 0.211. The van der Waals surface area contributed by atoms with E-state index < -0.39 is 5.91 Å². The lowest BCUT2D eigenvalue weighted by atomic mass is 10.00. The summed E-state index contributed by atoms with van der Waals surface area (Å²) in [7, 11) is 0. The first kappa shape index (κ1) is 16.1. The molecule has 122 valence electrons. The van der Waals surface area contributed by atoms with Gasteiger partial charge in [0.15, 0.2) is 0 Å². The van der Waals surface area contributed by atoms with E-state index in [1.54, 1.807) is 23.7 Å². The molecule has 0 saturated heterocycles. The Bertz CT molecular complexity index is 902. The van der Waals surface area contributed by atoms with Gasteiger partial charge < -0.3 is 0 Å². The summed E-state index contributed by atoms with van der Waals surface area (Å²) in [4.78, 5) is 20.8. The van der Waals surface area contributed by atoms with Crippen molar-refractivity contribution in [3.63, 3.8) is 0 Å². The molecule has 3 aromatic rings. The minimum Gasteiger partial charge on any atom is -0.288 e. The minimum absolute atomic E-state index is 0.337. The van der Waals surface area contributed by atoms with Crippen LogP contribution in [0.2, 0.25) is 0 Å². The Kier molecular flexibility index (Phi) is 4.27. The third-order valence-corrected chi connectivity index (χ3v) is 4.05. The van der Waals surface area contributed by atoms with E-state index in [1.165, 1.54) is 5.56 Å². The van der Waals surface area contributed by atoms with Crippen molar-refractivity contribution in [2.24, 2.45) is 0 Å². The highest BCUT2D eigenvalue weighted by molar-refractivity contribution is 5.96. The average Bonchev–Trinajstić information content (AvgIpc) is 2.60. The topological polar surface area (TPSA) is 75.1 Å². The van der Waals surface area contributed by atoms with Crippen LogP contribution in [-0.4, -0.2) is 21.1 Å². The summed E-state index contributed by atoms with van der Waals surface area (Å²) in [5, 5.41) is 8.77. The highest BCUT2D eigenvalue weighted by Crippen LogP contribution is 2.25. The predicted molar refractivity (Wildman–Crippen MR) is 93.1 cm³/mol. The Hall–Kier alpha value is -2.79. The number of amides is 1. The number of fused-ring (bicyclic) bond motifs is 1. The van der Waals surface area contributed by atoms with Crippen molar-refractivity contribution in [2.75, 3.05) is 0 Å². The van der Waals surface area contributed by atoms with Crippen molar-refractivity contribution in [3.05, 3.63) is 59.3 Å². The SMILES string of the molecule is Cc1nc2ccc(C(=O)NO)cc2nc1-c1ccc(C(C)C)cc1. The van der Waals surface area contributed by atoms with Gasteiger partial charge in [-0.2, -0.15) is 0 Å². The number of carbonyl (C=O) groups excluding carboxylic acids is 1. The molecule has 2 N–H and O–H groups in total. The highest BCUT2D eigenvalue weighted by atomic mass is 16.5. The molecule has 24 heavy (non-hydrogen) atoms. The Balaban J connectivity index is 2.10. The van der Waals surface area contributed by atoms with Gasteiger partial charge in [-0.15, -0.1) is 0 Å². The monoisotopic (exact) mass is 321 g/mol. The van der Waals surface area contributed by atoms with Gasteiger partial charge in [0.1, 0.15) is 0 Å². The summed E-state index contributed by atoms with van der Waals surface area (Å²) in [5.74, 6) is -0.0931. The number of benzene rings is 2. The van der Waals surface area contributed by atoms with Crippen LogP contribution in [0.5, 0.6) is 0 Å². The second-order valence-corrected chi connectivity index (χ2v) is 6.08. The van der Waals surface area contributed by atoms with Gasteiger partial charge in [-0.3, -0.25) is 10.0 Å². The number of carbonyl (C=O) groups is 1. The molecule has 1 amide bonds. The van der Waals surface area contributed by atoms with E-state index in [9.17, 15) is 4.79 Å². The third-order valence-electron chi connectivity index (χ3n) is 4.05. The molecule has 3 rings (SSSR count). The van der Waals surface area contributed by atoms with Gasteiger partial charge in [-0.05, 0) is 36.6 Å². The zero-order valence-corrected chi connectivity index (χ0v) is 13.9. The summed E-state index contributed by atoms with van der Waals surface area (Å²) < 4.78 is 0. The van der Waals surface area contributed by atoms with E-state index in [0.717, 1.165) is 17.0 Å². The molecule has 0 radical (unpaired) electrons. The number of hydrogen-bond donors (Lipinski definition) is 2. The molecule has 0 aliphatic rings. The third kappa shape index (κ3) is 2.98. The molecule has 0 aliphatic carbocycles. The van der Waals surface area contributed by atoms with Crippen LogP contribution in [0.1, 0.15) is 41.4 Å². The first-order chi connectivity index (χ1) is 11.5. The fourth-order valence-corrected chi connectivity index (χ4v) is 2.65. The molecule has 0 unspecified atom stereocenters. The standard InChI is InChI=1S/C19H19N3O2/c1-11(2)13-4-6-14(7-5-13)18-12(3)20-16-9-8-15(19(23)22-24)10-17(16)21-18/h4-11,24H,1-3H3,(H,22,23). The molecule has 1 heterocycles. The van der Waals surface area contributed by atoms with Crippen molar-refractivity contribution >= 4 is 16.9 Å². The van der Waals surface area contributed by atoms with Crippen LogP contribution in [0, 0.1) is 6.92 Å². The Labute approximate surface area is 140 Å². The van der Waals surface area contributed by atoms with Gasteiger partial charge in [-0.1, -0.05) is 38.1 Å². The fourth-order valence-electron chi connectivity index (χ4n) is 2.65. The van der Waals surface area contributed by atoms with E-state index in [-0.39, 0.29) is 0 Å². The molecule has 5 nitrogen and oxygen atoms in total. The zero-order valence-electron chi connectivity index (χ0n) is 13.9.